The van der Waals surface area contributed by atoms with Crippen LogP contribution in [0.3, 0.4) is 0 Å². The first-order valence-corrected chi connectivity index (χ1v) is 6.38. The Balaban J connectivity index is 0.00000120. The zero-order valence-corrected chi connectivity index (χ0v) is 12.1. The molecule has 1 aromatic carbocycles. The van der Waals surface area contributed by atoms with Crippen LogP contribution in [0.5, 0.6) is 0 Å². The van der Waals surface area contributed by atoms with Crippen LogP contribution in [0.15, 0.2) is 12.1 Å². The molecule has 5 heteroatoms. The van der Waals surface area contributed by atoms with Crippen LogP contribution in [0, 0.1) is 6.92 Å². The van der Waals surface area contributed by atoms with E-state index in [1.807, 2.05) is 19.1 Å². The molecule has 0 saturated carbocycles. The number of aromatic amines is 1. The summed E-state index contributed by atoms with van der Waals surface area (Å²) in [4.78, 5) is 8.14. The molecule has 98 valence electrons. The van der Waals surface area contributed by atoms with Crippen molar-refractivity contribution in [3.8, 4) is 0 Å². The van der Waals surface area contributed by atoms with Crippen LogP contribution in [0.1, 0.15) is 31.2 Å². The van der Waals surface area contributed by atoms with Gasteiger partial charge in [0.25, 0.3) is 0 Å². The molecule has 3 rings (SSSR count). The molecule has 1 saturated heterocycles. The summed E-state index contributed by atoms with van der Waals surface area (Å²) in [6.45, 7) is 5.28. The Morgan fingerprint density at radius 1 is 1.39 bits per heavy atom. The minimum absolute atomic E-state index is 0. The molecule has 1 aliphatic heterocycles. The van der Waals surface area contributed by atoms with Gasteiger partial charge in [-0.25, -0.2) is 4.98 Å². The molecule has 0 aliphatic carbocycles. The number of imidazole rings is 1. The molecule has 1 atom stereocenters. The normalized spacial score (nSPS) is 23.3. The first-order chi connectivity index (χ1) is 8.10. The van der Waals surface area contributed by atoms with Crippen molar-refractivity contribution >= 4 is 35.0 Å². The average molecular weight is 286 g/mol. The quantitative estimate of drug-likeness (QED) is 0.841. The van der Waals surface area contributed by atoms with E-state index in [1.165, 1.54) is 6.42 Å². The fraction of sp³-hybridized carbons (Fsp3) is 0.462. The molecule has 2 heterocycles. The van der Waals surface area contributed by atoms with Gasteiger partial charge in [-0.1, -0.05) is 11.6 Å². The Bertz CT molecular complexity index is 571. The van der Waals surface area contributed by atoms with Crippen LogP contribution in [-0.2, 0) is 5.54 Å². The van der Waals surface area contributed by atoms with Crippen LogP contribution >= 0.6 is 24.0 Å². The van der Waals surface area contributed by atoms with Crippen LogP contribution < -0.4 is 5.32 Å². The fourth-order valence-corrected chi connectivity index (χ4v) is 2.70. The van der Waals surface area contributed by atoms with Crippen LogP contribution in [0.2, 0.25) is 5.02 Å². The Morgan fingerprint density at radius 2 is 2.17 bits per heavy atom. The van der Waals surface area contributed by atoms with E-state index < -0.39 is 0 Å². The topological polar surface area (TPSA) is 40.7 Å². The number of aromatic nitrogens is 2. The van der Waals surface area contributed by atoms with Crippen LogP contribution in [0.4, 0.5) is 0 Å². The predicted molar refractivity (Wildman–Crippen MR) is 77.7 cm³/mol. The second kappa shape index (κ2) is 4.72. The lowest BCUT2D eigenvalue weighted by atomic mass is 10.00. The van der Waals surface area contributed by atoms with Gasteiger partial charge in [0.2, 0.25) is 0 Å². The van der Waals surface area contributed by atoms with E-state index in [0.29, 0.717) is 0 Å². The Morgan fingerprint density at radius 3 is 2.83 bits per heavy atom. The molecule has 0 bridgehead atoms. The van der Waals surface area contributed by atoms with Crippen molar-refractivity contribution in [3.63, 3.8) is 0 Å². The van der Waals surface area contributed by atoms with Gasteiger partial charge in [-0.05, 0) is 50.9 Å². The van der Waals surface area contributed by atoms with Crippen molar-refractivity contribution in [2.45, 2.75) is 32.2 Å². The predicted octanol–water partition coefficient (Wildman–Crippen LogP) is 3.55. The SMILES string of the molecule is Cc1c(Cl)ccc2[nH]c(C3(C)CCCN3)nc12.Cl. The van der Waals surface area contributed by atoms with Gasteiger partial charge in [-0.2, -0.15) is 0 Å². The number of benzene rings is 1. The monoisotopic (exact) mass is 285 g/mol. The maximum atomic E-state index is 6.12. The largest absolute Gasteiger partial charge is 0.340 e. The zero-order chi connectivity index (χ0) is 12.0. The number of rotatable bonds is 1. The Kier molecular flexibility index (Phi) is 3.58. The van der Waals surface area contributed by atoms with Gasteiger partial charge in [0, 0.05) is 5.02 Å². The lowest BCUT2D eigenvalue weighted by Gasteiger charge is -2.21. The van der Waals surface area contributed by atoms with Gasteiger partial charge in [0.05, 0.1) is 16.6 Å². The first kappa shape index (κ1) is 13.7. The van der Waals surface area contributed by atoms with E-state index >= 15 is 0 Å². The molecule has 0 spiro atoms. The number of aryl methyl sites for hydroxylation is 1. The molecular weight excluding hydrogens is 269 g/mol. The molecule has 1 aliphatic rings. The first-order valence-electron chi connectivity index (χ1n) is 6.00. The van der Waals surface area contributed by atoms with E-state index in [2.05, 4.69) is 17.2 Å². The highest BCUT2D eigenvalue weighted by atomic mass is 35.5. The number of nitrogens with zero attached hydrogens (tertiary/aromatic N) is 1. The molecule has 0 radical (unpaired) electrons. The summed E-state index contributed by atoms with van der Waals surface area (Å²) in [5.41, 5.74) is 3.09. The summed E-state index contributed by atoms with van der Waals surface area (Å²) in [5.74, 6) is 1.02. The van der Waals surface area contributed by atoms with Gasteiger partial charge in [0.1, 0.15) is 5.82 Å². The van der Waals surface area contributed by atoms with Gasteiger partial charge < -0.3 is 10.3 Å². The summed E-state index contributed by atoms with van der Waals surface area (Å²) in [6, 6.07) is 3.92. The van der Waals surface area contributed by atoms with E-state index in [1.54, 1.807) is 0 Å². The third-order valence-corrected chi connectivity index (χ3v) is 4.14. The van der Waals surface area contributed by atoms with Crippen molar-refractivity contribution in [1.82, 2.24) is 15.3 Å². The number of hydrogen-bond acceptors (Lipinski definition) is 2. The van der Waals surface area contributed by atoms with E-state index in [-0.39, 0.29) is 17.9 Å². The maximum Gasteiger partial charge on any atom is 0.127 e. The van der Waals surface area contributed by atoms with Crippen molar-refractivity contribution in [3.05, 3.63) is 28.5 Å². The highest BCUT2D eigenvalue weighted by molar-refractivity contribution is 6.32. The molecule has 18 heavy (non-hydrogen) atoms. The number of halogens is 2. The number of fused-ring (bicyclic) bond motifs is 1. The van der Waals surface area contributed by atoms with Crippen LogP contribution in [0.25, 0.3) is 11.0 Å². The third kappa shape index (κ3) is 2.00. The lowest BCUT2D eigenvalue weighted by molar-refractivity contribution is 0.412. The summed E-state index contributed by atoms with van der Waals surface area (Å²) >= 11 is 6.12. The summed E-state index contributed by atoms with van der Waals surface area (Å²) in [6.07, 6.45) is 2.33. The minimum atomic E-state index is -0.0159. The van der Waals surface area contributed by atoms with Gasteiger partial charge >= 0.3 is 0 Å². The highest BCUT2D eigenvalue weighted by Crippen LogP contribution is 2.31. The van der Waals surface area contributed by atoms with Crippen molar-refractivity contribution in [1.29, 1.82) is 0 Å². The minimum Gasteiger partial charge on any atom is -0.340 e. The van der Waals surface area contributed by atoms with Crippen LogP contribution in [-0.4, -0.2) is 16.5 Å². The molecule has 1 aromatic heterocycles. The van der Waals surface area contributed by atoms with E-state index in [9.17, 15) is 0 Å². The summed E-state index contributed by atoms with van der Waals surface area (Å²) in [7, 11) is 0. The Hall–Kier alpha value is -0.770. The second-order valence-corrected chi connectivity index (χ2v) is 5.42. The number of nitrogens with one attached hydrogen (secondary N) is 2. The fourth-order valence-electron chi connectivity index (χ4n) is 2.55. The molecule has 1 unspecified atom stereocenters. The van der Waals surface area contributed by atoms with E-state index in [4.69, 9.17) is 16.6 Å². The maximum absolute atomic E-state index is 6.12. The van der Waals surface area contributed by atoms with Gasteiger partial charge in [-0.3, -0.25) is 0 Å². The summed E-state index contributed by atoms with van der Waals surface area (Å²) in [5, 5.41) is 4.30. The van der Waals surface area contributed by atoms with Crippen molar-refractivity contribution in [2.24, 2.45) is 0 Å². The number of hydrogen-bond donors (Lipinski definition) is 2. The van der Waals surface area contributed by atoms with Gasteiger partial charge in [0.15, 0.2) is 0 Å². The van der Waals surface area contributed by atoms with E-state index in [0.717, 1.165) is 40.4 Å². The number of H-pyrrole nitrogens is 1. The smallest absolute Gasteiger partial charge is 0.127 e. The van der Waals surface area contributed by atoms with Crippen molar-refractivity contribution in [2.75, 3.05) is 6.54 Å². The molecule has 1 fully saturated rings. The molecule has 2 aromatic rings. The lowest BCUT2D eigenvalue weighted by Crippen LogP contribution is -2.34. The summed E-state index contributed by atoms with van der Waals surface area (Å²) < 4.78 is 0. The second-order valence-electron chi connectivity index (χ2n) is 5.02. The van der Waals surface area contributed by atoms with Gasteiger partial charge in [-0.15, -0.1) is 12.4 Å². The average Bonchev–Trinajstić information content (AvgIpc) is 2.91. The molecule has 2 N–H and O–H groups in total. The molecule has 3 nitrogen and oxygen atoms in total. The Labute approximate surface area is 118 Å². The highest BCUT2D eigenvalue weighted by Gasteiger charge is 2.33. The van der Waals surface area contributed by atoms with Crippen molar-refractivity contribution < 1.29 is 0 Å². The standard InChI is InChI=1S/C13H16ClN3.ClH/c1-8-9(14)4-5-10-11(8)17-12(16-10)13(2)6-3-7-15-13;/h4-5,15H,3,6-7H2,1-2H3,(H,16,17);1H. The zero-order valence-electron chi connectivity index (χ0n) is 10.5. The molecule has 0 amide bonds. The molecular formula is C13H17Cl2N3. The third-order valence-electron chi connectivity index (χ3n) is 3.73.